The van der Waals surface area contributed by atoms with E-state index in [9.17, 15) is 22.4 Å². The molecule has 1 aliphatic rings. The fourth-order valence-electron chi connectivity index (χ4n) is 2.38. The van der Waals surface area contributed by atoms with Gasteiger partial charge in [0.15, 0.2) is 0 Å². The predicted octanol–water partition coefficient (Wildman–Crippen LogP) is 2.99. The highest BCUT2D eigenvalue weighted by Crippen LogP contribution is 2.25. The van der Waals surface area contributed by atoms with Crippen molar-refractivity contribution in [1.29, 1.82) is 0 Å². The first-order valence-electron chi connectivity index (χ1n) is 6.72. The van der Waals surface area contributed by atoms with Crippen molar-refractivity contribution in [2.45, 2.75) is 31.6 Å². The number of hydrogen-bond donors (Lipinski definition) is 1. The van der Waals surface area contributed by atoms with Gasteiger partial charge in [0.05, 0.1) is 6.54 Å². The summed E-state index contributed by atoms with van der Waals surface area (Å²) in [4.78, 5) is 13.2. The lowest BCUT2D eigenvalue weighted by atomic mass is 10.1. The second kappa shape index (κ2) is 6.43. The molecule has 0 bridgehead atoms. The summed E-state index contributed by atoms with van der Waals surface area (Å²) in [6.45, 7) is 0.337. The topological polar surface area (TPSA) is 32.3 Å². The van der Waals surface area contributed by atoms with Gasteiger partial charge in [0.1, 0.15) is 12.0 Å². The number of nitrogens with zero attached hydrogens (tertiary/aromatic N) is 1. The van der Waals surface area contributed by atoms with Gasteiger partial charge in [-0.25, -0.2) is 4.39 Å². The molecule has 0 aliphatic carbocycles. The summed E-state index contributed by atoms with van der Waals surface area (Å²) >= 11 is 0. The first-order chi connectivity index (χ1) is 9.87. The Labute approximate surface area is 119 Å². The number of amides is 1. The summed E-state index contributed by atoms with van der Waals surface area (Å²) in [5.41, 5.74) is 0.594. The Kier molecular flexibility index (Phi) is 4.82. The number of alkyl halides is 3. The normalized spacial score (nSPS) is 19.3. The van der Waals surface area contributed by atoms with E-state index in [1.54, 1.807) is 6.07 Å². The number of hydrogen-bond acceptors (Lipinski definition) is 2. The van der Waals surface area contributed by atoms with E-state index in [1.165, 1.54) is 23.1 Å². The number of carbonyl (C=O) groups excluding carboxylic acids is 1. The van der Waals surface area contributed by atoms with Crippen molar-refractivity contribution in [3.8, 4) is 0 Å². The van der Waals surface area contributed by atoms with Gasteiger partial charge in [-0.2, -0.15) is 13.2 Å². The lowest BCUT2D eigenvalue weighted by Crippen LogP contribution is -2.31. The smallest absolute Gasteiger partial charge is 0.322 e. The number of carbonyl (C=O) groups is 1. The number of rotatable bonds is 5. The van der Waals surface area contributed by atoms with Gasteiger partial charge in [-0.1, -0.05) is 12.1 Å². The lowest BCUT2D eigenvalue weighted by molar-refractivity contribution is -0.136. The largest absolute Gasteiger partial charge is 0.389 e. The van der Waals surface area contributed by atoms with Crippen LogP contribution in [0.15, 0.2) is 24.3 Å². The van der Waals surface area contributed by atoms with Crippen molar-refractivity contribution in [2.75, 3.05) is 13.1 Å². The van der Waals surface area contributed by atoms with Crippen LogP contribution in [0.25, 0.3) is 0 Å². The molecule has 0 saturated carbocycles. The van der Waals surface area contributed by atoms with E-state index in [2.05, 4.69) is 5.32 Å². The molecule has 1 saturated heterocycles. The summed E-state index contributed by atoms with van der Waals surface area (Å²) in [6, 6.07) is 5.84. The molecule has 0 spiro atoms. The molecule has 1 aliphatic heterocycles. The maximum Gasteiger partial charge on any atom is 0.389 e. The van der Waals surface area contributed by atoms with E-state index in [0.29, 0.717) is 5.56 Å². The predicted molar refractivity (Wildman–Crippen MR) is 68.8 cm³/mol. The van der Waals surface area contributed by atoms with Crippen LogP contribution in [0.1, 0.15) is 31.0 Å². The SMILES string of the molecule is O=C1CNC(c2cccc(F)c2)N1CCCCC(F)(F)F. The van der Waals surface area contributed by atoms with E-state index in [1.807, 2.05) is 0 Å². The zero-order valence-electron chi connectivity index (χ0n) is 11.3. The van der Waals surface area contributed by atoms with Crippen LogP contribution < -0.4 is 5.32 Å². The summed E-state index contributed by atoms with van der Waals surface area (Å²) < 4.78 is 49.5. The van der Waals surface area contributed by atoms with Crippen molar-refractivity contribution >= 4 is 5.91 Å². The molecule has 0 aromatic heterocycles. The van der Waals surface area contributed by atoms with Crippen molar-refractivity contribution in [3.63, 3.8) is 0 Å². The fraction of sp³-hybridized carbons (Fsp3) is 0.500. The molecule has 1 amide bonds. The van der Waals surface area contributed by atoms with Gasteiger partial charge < -0.3 is 4.90 Å². The highest BCUT2D eigenvalue weighted by molar-refractivity contribution is 5.80. The molecule has 2 rings (SSSR count). The first kappa shape index (κ1) is 15.8. The zero-order chi connectivity index (χ0) is 15.5. The average molecular weight is 304 g/mol. The first-order valence-corrected chi connectivity index (χ1v) is 6.72. The fourth-order valence-corrected chi connectivity index (χ4v) is 2.38. The number of unbranched alkanes of at least 4 members (excludes halogenated alkanes) is 1. The quantitative estimate of drug-likeness (QED) is 0.670. The molecule has 0 radical (unpaired) electrons. The zero-order valence-corrected chi connectivity index (χ0v) is 11.3. The minimum absolute atomic E-state index is 0.0247. The molecule has 1 unspecified atom stereocenters. The van der Waals surface area contributed by atoms with Crippen molar-refractivity contribution in [3.05, 3.63) is 35.6 Å². The molecule has 1 atom stereocenters. The van der Waals surface area contributed by atoms with Crippen LogP contribution in [-0.2, 0) is 4.79 Å². The molecule has 1 aromatic rings. The second-order valence-corrected chi connectivity index (χ2v) is 5.00. The van der Waals surface area contributed by atoms with Gasteiger partial charge in [-0.05, 0) is 30.5 Å². The van der Waals surface area contributed by atoms with Crippen LogP contribution >= 0.6 is 0 Å². The lowest BCUT2D eigenvalue weighted by Gasteiger charge is -2.24. The number of nitrogens with one attached hydrogen (secondary N) is 1. The van der Waals surface area contributed by atoms with E-state index in [-0.39, 0.29) is 31.8 Å². The Balaban J connectivity index is 1.94. The highest BCUT2D eigenvalue weighted by Gasteiger charge is 2.32. The van der Waals surface area contributed by atoms with Crippen molar-refractivity contribution < 1.29 is 22.4 Å². The van der Waals surface area contributed by atoms with Gasteiger partial charge in [-0.3, -0.25) is 10.1 Å². The Morgan fingerprint density at radius 2 is 2.05 bits per heavy atom. The minimum Gasteiger partial charge on any atom is -0.322 e. The molecule has 116 valence electrons. The van der Waals surface area contributed by atoms with E-state index >= 15 is 0 Å². The average Bonchev–Trinajstić information content (AvgIpc) is 2.75. The summed E-state index contributed by atoms with van der Waals surface area (Å²) in [6.07, 6.45) is -5.26. The van der Waals surface area contributed by atoms with Gasteiger partial charge in [0.25, 0.3) is 0 Å². The Hall–Kier alpha value is -1.63. The Morgan fingerprint density at radius 3 is 2.71 bits per heavy atom. The third kappa shape index (κ3) is 4.42. The summed E-state index contributed by atoms with van der Waals surface area (Å²) in [5.74, 6) is -0.595. The second-order valence-electron chi connectivity index (χ2n) is 5.00. The standard InChI is InChI=1S/C14H16F4N2O/c15-11-5-3-4-10(8-11)13-19-9-12(21)20(13)7-2-1-6-14(16,17)18/h3-5,8,13,19H,1-2,6-7,9H2. The van der Waals surface area contributed by atoms with Crippen molar-refractivity contribution in [2.24, 2.45) is 0 Å². The third-order valence-corrected chi connectivity index (χ3v) is 3.35. The van der Waals surface area contributed by atoms with Crippen molar-refractivity contribution in [1.82, 2.24) is 10.2 Å². The van der Waals surface area contributed by atoms with Crippen LogP contribution in [0.2, 0.25) is 0 Å². The van der Waals surface area contributed by atoms with Crippen LogP contribution in [0.3, 0.4) is 0 Å². The number of halogens is 4. The molecule has 1 N–H and O–H groups in total. The molecular formula is C14H16F4N2O. The highest BCUT2D eigenvalue weighted by atomic mass is 19.4. The Morgan fingerprint density at radius 1 is 1.29 bits per heavy atom. The van der Waals surface area contributed by atoms with Gasteiger partial charge in [0.2, 0.25) is 5.91 Å². The van der Waals surface area contributed by atoms with Crippen LogP contribution in [-0.4, -0.2) is 30.1 Å². The molecule has 21 heavy (non-hydrogen) atoms. The Bertz CT molecular complexity index is 504. The molecular weight excluding hydrogens is 288 g/mol. The van der Waals surface area contributed by atoms with Crippen LogP contribution in [0.4, 0.5) is 17.6 Å². The van der Waals surface area contributed by atoms with Gasteiger partial charge in [0, 0.05) is 13.0 Å². The van der Waals surface area contributed by atoms with Gasteiger partial charge in [-0.15, -0.1) is 0 Å². The maximum absolute atomic E-state index is 13.2. The van der Waals surface area contributed by atoms with E-state index in [4.69, 9.17) is 0 Å². The van der Waals surface area contributed by atoms with Crippen LogP contribution in [0.5, 0.6) is 0 Å². The molecule has 7 heteroatoms. The van der Waals surface area contributed by atoms with E-state index < -0.39 is 24.6 Å². The molecule has 1 heterocycles. The van der Waals surface area contributed by atoms with Gasteiger partial charge >= 0.3 is 6.18 Å². The summed E-state index contributed by atoms with van der Waals surface area (Å²) in [5, 5.41) is 2.94. The maximum atomic E-state index is 13.2. The van der Waals surface area contributed by atoms with E-state index in [0.717, 1.165) is 0 Å². The molecule has 3 nitrogen and oxygen atoms in total. The summed E-state index contributed by atoms with van der Waals surface area (Å²) in [7, 11) is 0. The monoisotopic (exact) mass is 304 g/mol. The molecule has 1 aromatic carbocycles. The third-order valence-electron chi connectivity index (χ3n) is 3.35. The number of benzene rings is 1. The molecule has 1 fully saturated rings. The van der Waals surface area contributed by atoms with Crippen LogP contribution in [0, 0.1) is 5.82 Å². The minimum atomic E-state index is -4.17.